The van der Waals surface area contributed by atoms with Gasteiger partial charge in [-0.3, -0.25) is 19.2 Å². The number of carbonyl (C=O) groups excluding carboxylic acids is 2. The van der Waals surface area contributed by atoms with Crippen LogP contribution in [-0.4, -0.2) is 34.8 Å². The number of aliphatic carboxylic acids is 1. The monoisotopic (exact) mass is 229 g/mol. The average Bonchev–Trinajstić information content (AvgIpc) is 2.73. The molecule has 1 aliphatic carbocycles. The quantitative estimate of drug-likeness (QED) is 0.376. The van der Waals surface area contributed by atoms with E-state index in [1.165, 1.54) is 0 Å². The van der Waals surface area contributed by atoms with Gasteiger partial charge in [0.1, 0.15) is 0 Å². The maximum atomic E-state index is 11.2. The average molecular weight is 229 g/mol. The summed E-state index contributed by atoms with van der Waals surface area (Å²) in [5.74, 6) is -3.12. The second kappa shape index (κ2) is 4.31. The van der Waals surface area contributed by atoms with Crippen LogP contribution in [0.5, 0.6) is 0 Å². The molecule has 0 heterocycles. The fourth-order valence-electron chi connectivity index (χ4n) is 1.61. The van der Waals surface area contributed by atoms with E-state index in [-0.39, 0.29) is 6.10 Å². The lowest BCUT2D eigenvalue weighted by molar-refractivity contribution is -0.150. The molecule has 1 fully saturated rings. The summed E-state index contributed by atoms with van der Waals surface area (Å²) < 4.78 is 0. The highest BCUT2D eigenvalue weighted by atomic mass is 16.7. The van der Waals surface area contributed by atoms with Crippen LogP contribution < -0.4 is 5.48 Å². The third-order valence-corrected chi connectivity index (χ3v) is 2.57. The summed E-state index contributed by atoms with van der Waals surface area (Å²) in [5.41, 5.74) is 0.564. The van der Waals surface area contributed by atoms with Crippen molar-refractivity contribution >= 4 is 17.5 Å². The summed E-state index contributed by atoms with van der Waals surface area (Å²) in [6.07, 6.45) is 0.153. The maximum absolute atomic E-state index is 11.2. The molecule has 90 valence electrons. The molecule has 0 aromatic heterocycles. The van der Waals surface area contributed by atoms with Crippen LogP contribution in [0.1, 0.15) is 27.2 Å². The Morgan fingerprint density at radius 1 is 1.44 bits per heavy atom. The van der Waals surface area contributed by atoms with E-state index in [0.717, 1.165) is 0 Å². The molecule has 1 aliphatic rings. The summed E-state index contributed by atoms with van der Waals surface area (Å²) in [7, 11) is 0. The summed E-state index contributed by atoms with van der Waals surface area (Å²) in [4.78, 5) is 38.5. The van der Waals surface area contributed by atoms with Crippen LogP contribution in [0.2, 0.25) is 0 Å². The Hall–Kier alpha value is -1.27. The lowest BCUT2D eigenvalue weighted by atomic mass is 9.94. The minimum absolute atomic E-state index is 0.163. The highest BCUT2D eigenvalue weighted by molar-refractivity contribution is 6.69. The summed E-state index contributed by atoms with van der Waals surface area (Å²) in [5, 5.41) is 8.97. The molecule has 16 heavy (non-hydrogen) atoms. The fourth-order valence-corrected chi connectivity index (χ4v) is 1.61. The molecule has 0 bridgehead atoms. The number of ketones is 2. The standard InChI is InChI=1S/C10H15NO5/c1-4-6(11-16-5(2)3)10(9(14)15)7(12)8(10)13/h5-6,11H,4H2,1-3H3,(H,14,15). The lowest BCUT2D eigenvalue weighted by Gasteiger charge is -2.21. The molecule has 1 rings (SSSR count). The maximum Gasteiger partial charge on any atom is 0.327 e. The Bertz CT molecular complexity index is 322. The van der Waals surface area contributed by atoms with Crippen LogP contribution in [0.4, 0.5) is 0 Å². The smallest absolute Gasteiger partial charge is 0.327 e. The molecule has 6 heteroatoms. The molecule has 0 aromatic rings. The largest absolute Gasteiger partial charge is 0.480 e. The van der Waals surface area contributed by atoms with Crippen LogP contribution in [0.3, 0.4) is 0 Å². The number of nitrogens with one attached hydrogen (secondary N) is 1. The van der Waals surface area contributed by atoms with E-state index >= 15 is 0 Å². The van der Waals surface area contributed by atoms with E-state index in [4.69, 9.17) is 9.94 Å². The van der Waals surface area contributed by atoms with Crippen LogP contribution in [0.25, 0.3) is 0 Å². The zero-order valence-electron chi connectivity index (χ0n) is 9.44. The Balaban J connectivity index is 2.82. The van der Waals surface area contributed by atoms with Crippen molar-refractivity contribution in [1.29, 1.82) is 0 Å². The van der Waals surface area contributed by atoms with Crippen molar-refractivity contribution in [3.63, 3.8) is 0 Å². The SMILES string of the molecule is CCC(NOC(C)C)C1(C(=O)O)C(=O)C1=O. The summed E-state index contributed by atoms with van der Waals surface area (Å²) in [6.45, 7) is 5.19. The Kier molecular flexibility index (Phi) is 3.44. The van der Waals surface area contributed by atoms with Crippen LogP contribution in [-0.2, 0) is 19.2 Å². The molecule has 1 saturated carbocycles. The van der Waals surface area contributed by atoms with Gasteiger partial charge in [0.15, 0.2) is 0 Å². The molecule has 1 atom stereocenters. The molecule has 0 aliphatic heterocycles. The van der Waals surface area contributed by atoms with Crippen molar-refractivity contribution in [3.05, 3.63) is 0 Å². The second-order valence-corrected chi connectivity index (χ2v) is 4.02. The first-order chi connectivity index (χ1) is 7.38. The lowest BCUT2D eigenvalue weighted by Crippen LogP contribution is -2.44. The number of carboxylic acid groups (broad SMARTS) is 1. The van der Waals surface area contributed by atoms with Gasteiger partial charge in [0.2, 0.25) is 17.0 Å². The number of carbonyl (C=O) groups is 3. The normalized spacial score (nSPS) is 20.0. The van der Waals surface area contributed by atoms with Crippen molar-refractivity contribution < 1.29 is 24.3 Å². The second-order valence-electron chi connectivity index (χ2n) is 4.02. The van der Waals surface area contributed by atoms with Gasteiger partial charge >= 0.3 is 5.97 Å². The first kappa shape index (κ1) is 12.8. The van der Waals surface area contributed by atoms with Crippen LogP contribution >= 0.6 is 0 Å². The fraction of sp³-hybridized carbons (Fsp3) is 0.700. The van der Waals surface area contributed by atoms with Crippen LogP contribution in [0.15, 0.2) is 0 Å². The number of carboxylic acids is 1. The van der Waals surface area contributed by atoms with Crippen LogP contribution in [0, 0.1) is 5.41 Å². The number of hydroxylamine groups is 1. The third kappa shape index (κ3) is 1.74. The van der Waals surface area contributed by atoms with Gasteiger partial charge in [-0.25, -0.2) is 0 Å². The molecule has 0 saturated heterocycles. The Morgan fingerprint density at radius 3 is 2.19 bits per heavy atom. The topological polar surface area (TPSA) is 92.7 Å². The molecule has 6 nitrogen and oxygen atoms in total. The van der Waals surface area contributed by atoms with E-state index in [9.17, 15) is 14.4 Å². The van der Waals surface area contributed by atoms with Gasteiger partial charge in [0, 0.05) is 0 Å². The molecular weight excluding hydrogens is 214 g/mol. The number of hydrogen-bond acceptors (Lipinski definition) is 5. The predicted molar refractivity (Wildman–Crippen MR) is 53.5 cm³/mol. The van der Waals surface area contributed by atoms with Crippen molar-refractivity contribution in [2.24, 2.45) is 5.41 Å². The van der Waals surface area contributed by atoms with E-state index in [1.807, 2.05) is 0 Å². The van der Waals surface area contributed by atoms with Crippen molar-refractivity contribution in [3.8, 4) is 0 Å². The van der Waals surface area contributed by atoms with E-state index < -0.39 is 29.0 Å². The van der Waals surface area contributed by atoms with Crippen molar-refractivity contribution in [2.45, 2.75) is 39.3 Å². The molecule has 0 amide bonds. The molecule has 0 aromatic carbocycles. The van der Waals surface area contributed by atoms with Gasteiger partial charge in [-0.1, -0.05) is 6.92 Å². The zero-order chi connectivity index (χ0) is 12.5. The zero-order valence-corrected chi connectivity index (χ0v) is 9.44. The van der Waals surface area contributed by atoms with Crippen molar-refractivity contribution in [1.82, 2.24) is 5.48 Å². The predicted octanol–water partition coefficient (Wildman–Crippen LogP) is -0.0826. The molecule has 2 N–H and O–H groups in total. The summed E-state index contributed by atoms with van der Waals surface area (Å²) in [6, 6.07) is -0.813. The summed E-state index contributed by atoms with van der Waals surface area (Å²) >= 11 is 0. The number of Topliss-reactive ketones (excluding diaryl/α,β-unsaturated/α-hetero) is 2. The Morgan fingerprint density at radius 2 is 1.94 bits per heavy atom. The van der Waals surface area contributed by atoms with E-state index in [2.05, 4.69) is 5.48 Å². The minimum Gasteiger partial charge on any atom is -0.480 e. The van der Waals surface area contributed by atoms with Gasteiger partial charge in [0.25, 0.3) is 0 Å². The molecule has 0 radical (unpaired) electrons. The first-order valence-electron chi connectivity index (χ1n) is 5.12. The molecule has 1 unspecified atom stereocenters. The molecular formula is C10H15NO5. The van der Waals surface area contributed by atoms with Gasteiger partial charge < -0.3 is 5.11 Å². The highest BCUT2D eigenvalue weighted by Gasteiger charge is 2.75. The number of hydrogen-bond donors (Lipinski definition) is 2. The van der Waals surface area contributed by atoms with Gasteiger partial charge in [0.05, 0.1) is 12.1 Å². The Labute approximate surface area is 92.9 Å². The van der Waals surface area contributed by atoms with E-state index in [1.54, 1.807) is 20.8 Å². The highest BCUT2D eigenvalue weighted by Crippen LogP contribution is 2.41. The number of rotatable bonds is 6. The van der Waals surface area contributed by atoms with Crippen molar-refractivity contribution in [2.75, 3.05) is 0 Å². The van der Waals surface area contributed by atoms with Gasteiger partial charge in [-0.2, -0.15) is 5.48 Å². The van der Waals surface area contributed by atoms with Gasteiger partial charge in [-0.05, 0) is 20.3 Å². The first-order valence-corrected chi connectivity index (χ1v) is 5.12. The minimum atomic E-state index is -1.93. The van der Waals surface area contributed by atoms with E-state index in [0.29, 0.717) is 6.42 Å². The third-order valence-electron chi connectivity index (χ3n) is 2.57. The van der Waals surface area contributed by atoms with Gasteiger partial charge in [-0.15, -0.1) is 0 Å². The molecule has 0 spiro atoms.